The fraction of sp³-hybridized carbons (Fsp3) is 0.273. The number of ether oxygens (including phenoxy) is 1. The zero-order valence-electron chi connectivity index (χ0n) is 18.6. The van der Waals surface area contributed by atoms with Crippen LogP contribution in [0.4, 0.5) is 15.0 Å². The Morgan fingerprint density at radius 3 is 2.76 bits per heavy atom. The van der Waals surface area contributed by atoms with Gasteiger partial charge in [0.25, 0.3) is 0 Å². The summed E-state index contributed by atoms with van der Waals surface area (Å²) in [5.41, 5.74) is 1.78. The zero-order valence-corrected chi connectivity index (χ0v) is 18.6. The Labute approximate surface area is 189 Å². The number of halogens is 1. The molecule has 0 bridgehead atoms. The lowest BCUT2D eigenvalue weighted by Gasteiger charge is -2.14. The van der Waals surface area contributed by atoms with E-state index in [1.54, 1.807) is 25.2 Å². The molecule has 1 aromatic carbocycles. The minimum absolute atomic E-state index is 0.00922. The number of anilines is 1. The SMILES string of the molecule is CNCc1cc(Oc2ccc3c(ccn3OC(=O)Nc3cc(C(C)(C)C)[nH]n3)c2F)ncn1. The van der Waals surface area contributed by atoms with E-state index in [1.165, 1.54) is 29.4 Å². The monoisotopic (exact) mass is 453 g/mol. The predicted molar refractivity (Wildman–Crippen MR) is 120 cm³/mol. The lowest BCUT2D eigenvalue weighted by atomic mass is 9.92. The highest BCUT2D eigenvalue weighted by Gasteiger charge is 2.19. The lowest BCUT2D eigenvalue weighted by Crippen LogP contribution is -2.24. The van der Waals surface area contributed by atoms with Crippen LogP contribution in [0.25, 0.3) is 10.9 Å². The number of nitrogens with zero attached hydrogens (tertiary/aromatic N) is 4. The third-order valence-electron chi connectivity index (χ3n) is 4.80. The fourth-order valence-corrected chi connectivity index (χ4v) is 3.10. The number of fused-ring (bicyclic) bond motifs is 1. The number of nitrogens with one attached hydrogen (secondary N) is 3. The first-order chi connectivity index (χ1) is 15.7. The van der Waals surface area contributed by atoms with Gasteiger partial charge in [0.05, 0.1) is 11.2 Å². The van der Waals surface area contributed by atoms with Crippen LogP contribution >= 0.6 is 0 Å². The quantitative estimate of drug-likeness (QED) is 0.407. The summed E-state index contributed by atoms with van der Waals surface area (Å²) in [5, 5.41) is 12.7. The van der Waals surface area contributed by atoms with Crippen molar-refractivity contribution >= 4 is 22.8 Å². The van der Waals surface area contributed by atoms with Crippen LogP contribution in [0.15, 0.2) is 42.9 Å². The van der Waals surface area contributed by atoms with E-state index in [-0.39, 0.29) is 22.4 Å². The van der Waals surface area contributed by atoms with Crippen molar-refractivity contribution < 1.29 is 18.8 Å². The first kappa shape index (κ1) is 22.2. The average Bonchev–Trinajstić information content (AvgIpc) is 3.38. The normalized spacial score (nSPS) is 11.5. The lowest BCUT2D eigenvalue weighted by molar-refractivity contribution is 0.153. The minimum atomic E-state index is -0.766. The van der Waals surface area contributed by atoms with Gasteiger partial charge in [0.1, 0.15) is 6.33 Å². The Bertz CT molecular complexity index is 1290. The summed E-state index contributed by atoms with van der Waals surface area (Å²) >= 11 is 0. The van der Waals surface area contributed by atoms with Gasteiger partial charge in [-0.05, 0) is 25.2 Å². The van der Waals surface area contributed by atoms with E-state index in [4.69, 9.17) is 9.57 Å². The maximum absolute atomic E-state index is 15.1. The summed E-state index contributed by atoms with van der Waals surface area (Å²) in [4.78, 5) is 25.7. The summed E-state index contributed by atoms with van der Waals surface area (Å²) in [6.45, 7) is 6.59. The van der Waals surface area contributed by atoms with E-state index in [2.05, 4.69) is 30.8 Å². The van der Waals surface area contributed by atoms with Crippen LogP contribution in [0, 0.1) is 5.82 Å². The van der Waals surface area contributed by atoms with Crippen LogP contribution in [0.2, 0.25) is 0 Å². The molecule has 0 unspecified atom stereocenters. The smallest absolute Gasteiger partial charge is 0.436 e. The van der Waals surface area contributed by atoms with Gasteiger partial charge >= 0.3 is 6.09 Å². The Kier molecular flexibility index (Phi) is 5.97. The molecule has 0 atom stereocenters. The Morgan fingerprint density at radius 1 is 1.21 bits per heavy atom. The molecule has 4 rings (SSSR count). The first-order valence-corrected chi connectivity index (χ1v) is 10.2. The van der Waals surface area contributed by atoms with E-state index < -0.39 is 11.9 Å². The Morgan fingerprint density at radius 2 is 2.03 bits per heavy atom. The van der Waals surface area contributed by atoms with Crippen molar-refractivity contribution in [2.75, 3.05) is 12.4 Å². The van der Waals surface area contributed by atoms with Gasteiger partial charge in [0, 0.05) is 41.4 Å². The van der Waals surface area contributed by atoms with Gasteiger partial charge < -0.3 is 14.9 Å². The van der Waals surface area contributed by atoms with Gasteiger partial charge in [-0.25, -0.2) is 19.2 Å². The molecule has 0 saturated carbocycles. The van der Waals surface area contributed by atoms with Gasteiger partial charge in [-0.15, -0.1) is 0 Å². The molecule has 0 fully saturated rings. The molecule has 11 heteroatoms. The second kappa shape index (κ2) is 8.87. The maximum atomic E-state index is 15.1. The summed E-state index contributed by atoms with van der Waals surface area (Å²) in [6, 6.07) is 7.87. The number of carbonyl (C=O) groups is 1. The van der Waals surface area contributed by atoms with Crippen LogP contribution in [0.3, 0.4) is 0 Å². The van der Waals surface area contributed by atoms with Crippen LogP contribution < -0.4 is 20.2 Å². The van der Waals surface area contributed by atoms with Gasteiger partial charge in [0.15, 0.2) is 17.4 Å². The van der Waals surface area contributed by atoms with E-state index in [0.29, 0.717) is 23.6 Å². The molecule has 10 nitrogen and oxygen atoms in total. The molecular weight excluding hydrogens is 429 g/mol. The van der Waals surface area contributed by atoms with Crippen molar-refractivity contribution in [1.29, 1.82) is 0 Å². The topological polar surface area (TPSA) is 119 Å². The first-order valence-electron chi connectivity index (χ1n) is 10.2. The molecule has 0 aliphatic rings. The highest BCUT2D eigenvalue weighted by molar-refractivity contribution is 5.86. The van der Waals surface area contributed by atoms with Gasteiger partial charge in [-0.3, -0.25) is 10.4 Å². The van der Waals surface area contributed by atoms with Crippen molar-refractivity contribution in [2.24, 2.45) is 0 Å². The highest BCUT2D eigenvalue weighted by Crippen LogP contribution is 2.30. The van der Waals surface area contributed by atoms with E-state index in [1.807, 2.05) is 20.8 Å². The minimum Gasteiger partial charge on any atom is -0.436 e. The Balaban J connectivity index is 1.49. The highest BCUT2D eigenvalue weighted by atomic mass is 19.1. The molecule has 0 saturated heterocycles. The number of rotatable bonds is 6. The van der Waals surface area contributed by atoms with Crippen LogP contribution in [-0.2, 0) is 12.0 Å². The van der Waals surface area contributed by atoms with Gasteiger partial charge in [0.2, 0.25) is 5.88 Å². The molecule has 3 aromatic heterocycles. The van der Waals surface area contributed by atoms with Crippen LogP contribution in [0.1, 0.15) is 32.2 Å². The number of hydrogen-bond acceptors (Lipinski definition) is 7. The van der Waals surface area contributed by atoms with Crippen LogP contribution in [0.5, 0.6) is 11.6 Å². The largest absolute Gasteiger partial charge is 0.437 e. The van der Waals surface area contributed by atoms with Crippen molar-refractivity contribution in [3.05, 3.63) is 60.1 Å². The van der Waals surface area contributed by atoms with Gasteiger partial charge in [-0.1, -0.05) is 20.8 Å². The molecule has 1 amide bonds. The molecule has 0 aliphatic heterocycles. The van der Waals surface area contributed by atoms with E-state index in [9.17, 15) is 4.79 Å². The second-order valence-corrected chi connectivity index (χ2v) is 8.35. The number of carbonyl (C=O) groups excluding carboxylic acids is 1. The summed E-state index contributed by atoms with van der Waals surface area (Å²) in [5.74, 6) is -0.0702. The number of H-pyrrole nitrogens is 1. The zero-order chi connectivity index (χ0) is 23.6. The number of aromatic nitrogens is 5. The van der Waals surface area contributed by atoms with Crippen molar-refractivity contribution in [1.82, 2.24) is 30.2 Å². The van der Waals surface area contributed by atoms with Crippen molar-refractivity contribution in [3.63, 3.8) is 0 Å². The van der Waals surface area contributed by atoms with Crippen molar-refractivity contribution in [2.45, 2.75) is 32.7 Å². The molecule has 0 radical (unpaired) electrons. The average molecular weight is 453 g/mol. The fourth-order valence-electron chi connectivity index (χ4n) is 3.10. The second-order valence-electron chi connectivity index (χ2n) is 8.35. The molecule has 3 heterocycles. The number of aromatic amines is 1. The number of amides is 1. The molecule has 3 N–H and O–H groups in total. The van der Waals surface area contributed by atoms with Gasteiger partial charge in [-0.2, -0.15) is 9.83 Å². The molecule has 172 valence electrons. The molecule has 4 aromatic rings. The Hall–Kier alpha value is -3.99. The predicted octanol–water partition coefficient (Wildman–Crippen LogP) is 3.76. The molecule has 33 heavy (non-hydrogen) atoms. The third-order valence-corrected chi connectivity index (χ3v) is 4.80. The van der Waals surface area contributed by atoms with E-state index >= 15 is 4.39 Å². The third kappa shape index (κ3) is 4.93. The summed E-state index contributed by atoms with van der Waals surface area (Å²) in [7, 11) is 1.79. The molecule has 0 spiro atoms. The number of hydrogen-bond donors (Lipinski definition) is 3. The van der Waals surface area contributed by atoms with Crippen LogP contribution in [-0.4, -0.2) is 38.0 Å². The van der Waals surface area contributed by atoms with E-state index in [0.717, 1.165) is 5.69 Å². The standard InChI is InChI=1S/C22H24FN7O3/c1-22(2,3)17-10-18(29-28-17)27-21(31)33-30-8-7-14-15(30)5-6-16(20(14)23)32-19-9-13(11-24-4)25-12-26-19/h5-10,12,24H,11H2,1-4H3,(H2,27,28,29,31). The number of benzene rings is 1. The van der Waals surface area contributed by atoms with Crippen molar-refractivity contribution in [3.8, 4) is 11.6 Å². The molecular formula is C22H24FN7O3. The maximum Gasteiger partial charge on any atom is 0.437 e. The summed E-state index contributed by atoms with van der Waals surface area (Å²) < 4.78 is 21.8. The summed E-state index contributed by atoms with van der Waals surface area (Å²) in [6.07, 6.45) is 2.03. The molecule has 0 aliphatic carbocycles.